The standard InChI is InChI=1S/C29H26F3N7O4/c1-41-20-5-2-18(3-6-20)17-39-24(27-34-22-8-7-21(14-23(22)35-27)43-29(30,31)32)15-25(37-39)36-28(40)19-4-9-26(33-16-19)38-10-12-42-13-11-38/h2-9,14-16H,10-13,17H2,1H3,(H,34,35)(H,36,37,40). The highest BCUT2D eigenvalue weighted by atomic mass is 19.4. The molecule has 0 bridgehead atoms. The third-order valence-corrected chi connectivity index (χ3v) is 6.79. The topological polar surface area (TPSA) is 119 Å². The zero-order valence-corrected chi connectivity index (χ0v) is 22.9. The molecule has 43 heavy (non-hydrogen) atoms. The number of hydrogen-bond acceptors (Lipinski definition) is 8. The van der Waals surface area contributed by atoms with Crippen molar-refractivity contribution in [2.75, 3.05) is 43.6 Å². The van der Waals surface area contributed by atoms with Crippen LogP contribution in [0.25, 0.3) is 22.6 Å². The highest BCUT2D eigenvalue weighted by Crippen LogP contribution is 2.29. The van der Waals surface area contributed by atoms with Gasteiger partial charge in [0.15, 0.2) is 11.6 Å². The summed E-state index contributed by atoms with van der Waals surface area (Å²) in [4.78, 5) is 27.2. The van der Waals surface area contributed by atoms with Crippen LogP contribution in [0, 0.1) is 0 Å². The summed E-state index contributed by atoms with van der Waals surface area (Å²) in [6.45, 7) is 3.01. The van der Waals surface area contributed by atoms with Crippen molar-refractivity contribution in [2.24, 2.45) is 0 Å². The molecular weight excluding hydrogens is 567 g/mol. The average molecular weight is 594 g/mol. The fourth-order valence-corrected chi connectivity index (χ4v) is 4.69. The number of benzene rings is 2. The lowest BCUT2D eigenvalue weighted by Crippen LogP contribution is -2.36. The Morgan fingerprint density at radius 2 is 1.81 bits per heavy atom. The molecule has 1 amide bonds. The normalized spacial score (nSPS) is 13.7. The number of anilines is 2. The molecule has 222 valence electrons. The van der Waals surface area contributed by atoms with Gasteiger partial charge in [-0.1, -0.05) is 12.1 Å². The molecule has 0 aliphatic carbocycles. The van der Waals surface area contributed by atoms with Crippen molar-refractivity contribution in [3.63, 3.8) is 0 Å². The molecule has 2 aromatic carbocycles. The predicted molar refractivity (Wildman–Crippen MR) is 151 cm³/mol. The molecule has 0 atom stereocenters. The van der Waals surface area contributed by atoms with Gasteiger partial charge in [-0.05, 0) is 42.0 Å². The Morgan fingerprint density at radius 1 is 1.05 bits per heavy atom. The lowest BCUT2D eigenvalue weighted by atomic mass is 10.2. The van der Waals surface area contributed by atoms with Gasteiger partial charge < -0.3 is 29.4 Å². The van der Waals surface area contributed by atoms with Crippen LogP contribution >= 0.6 is 0 Å². The SMILES string of the molecule is COc1ccc(Cn2nc(NC(=O)c3ccc(N4CCOCC4)nc3)cc2-c2nc3cc(OC(F)(F)F)ccc3[nH]2)cc1. The minimum absolute atomic E-state index is 0.257. The molecule has 4 heterocycles. The summed E-state index contributed by atoms with van der Waals surface area (Å²) in [6.07, 6.45) is -3.31. The first kappa shape index (κ1) is 28.0. The van der Waals surface area contributed by atoms with E-state index in [0.29, 0.717) is 48.1 Å². The van der Waals surface area contributed by atoms with Gasteiger partial charge in [0.05, 0.1) is 43.5 Å². The van der Waals surface area contributed by atoms with Gasteiger partial charge in [0.2, 0.25) is 0 Å². The largest absolute Gasteiger partial charge is 0.573 e. The maximum atomic E-state index is 13.1. The smallest absolute Gasteiger partial charge is 0.497 e. The van der Waals surface area contributed by atoms with E-state index in [9.17, 15) is 18.0 Å². The Morgan fingerprint density at radius 3 is 2.51 bits per heavy atom. The van der Waals surface area contributed by atoms with Gasteiger partial charge in [0.25, 0.3) is 5.91 Å². The number of fused-ring (bicyclic) bond motifs is 1. The van der Waals surface area contributed by atoms with E-state index in [-0.39, 0.29) is 17.1 Å². The van der Waals surface area contributed by atoms with Gasteiger partial charge >= 0.3 is 6.36 Å². The number of aromatic nitrogens is 5. The van der Waals surface area contributed by atoms with Crippen molar-refractivity contribution in [2.45, 2.75) is 12.9 Å². The van der Waals surface area contributed by atoms with Crippen molar-refractivity contribution in [1.29, 1.82) is 0 Å². The molecule has 1 aliphatic heterocycles. The summed E-state index contributed by atoms with van der Waals surface area (Å²) in [5.41, 5.74) is 2.51. The van der Waals surface area contributed by atoms with Crippen molar-refractivity contribution in [3.8, 4) is 23.0 Å². The Labute approximate surface area is 243 Å². The van der Waals surface area contributed by atoms with Gasteiger partial charge in [0, 0.05) is 31.4 Å². The van der Waals surface area contributed by atoms with E-state index >= 15 is 0 Å². The number of morpholine rings is 1. The van der Waals surface area contributed by atoms with Crippen molar-refractivity contribution in [1.82, 2.24) is 24.7 Å². The first-order valence-corrected chi connectivity index (χ1v) is 13.3. The van der Waals surface area contributed by atoms with E-state index in [1.54, 1.807) is 30.0 Å². The summed E-state index contributed by atoms with van der Waals surface area (Å²) in [7, 11) is 1.58. The van der Waals surface area contributed by atoms with Gasteiger partial charge in [0.1, 0.15) is 23.0 Å². The van der Waals surface area contributed by atoms with Crippen LogP contribution in [-0.4, -0.2) is 70.4 Å². The zero-order chi connectivity index (χ0) is 30.0. The Hall–Kier alpha value is -5.11. The van der Waals surface area contributed by atoms with E-state index in [0.717, 1.165) is 24.5 Å². The van der Waals surface area contributed by atoms with E-state index < -0.39 is 12.3 Å². The van der Waals surface area contributed by atoms with Crippen LogP contribution in [-0.2, 0) is 11.3 Å². The zero-order valence-electron chi connectivity index (χ0n) is 22.9. The van der Waals surface area contributed by atoms with Crippen LogP contribution in [0.4, 0.5) is 24.8 Å². The summed E-state index contributed by atoms with van der Waals surface area (Å²) in [5, 5.41) is 7.40. The monoisotopic (exact) mass is 593 g/mol. The molecule has 1 fully saturated rings. The van der Waals surface area contributed by atoms with Crippen LogP contribution < -0.4 is 19.7 Å². The second-order valence-corrected chi connectivity index (χ2v) is 9.69. The molecule has 11 nitrogen and oxygen atoms in total. The Kier molecular flexibility index (Phi) is 7.59. The van der Waals surface area contributed by atoms with E-state index in [1.807, 2.05) is 24.3 Å². The van der Waals surface area contributed by atoms with Crippen LogP contribution in [0.1, 0.15) is 15.9 Å². The molecule has 5 aromatic rings. The van der Waals surface area contributed by atoms with Gasteiger partial charge in [-0.3, -0.25) is 9.48 Å². The molecule has 6 rings (SSSR count). The first-order chi connectivity index (χ1) is 20.7. The number of rotatable bonds is 8. The van der Waals surface area contributed by atoms with E-state index in [1.165, 1.54) is 24.4 Å². The Balaban J connectivity index is 1.28. The minimum atomic E-state index is -4.82. The fraction of sp³-hybridized carbons (Fsp3) is 0.241. The summed E-state index contributed by atoms with van der Waals surface area (Å²) in [5.74, 6) is 1.27. The van der Waals surface area contributed by atoms with Crippen molar-refractivity contribution < 1.29 is 32.2 Å². The number of hydrogen-bond donors (Lipinski definition) is 2. The molecule has 0 spiro atoms. The number of carbonyl (C=O) groups excluding carboxylic acids is 1. The highest BCUT2D eigenvalue weighted by Gasteiger charge is 2.31. The number of nitrogens with zero attached hydrogens (tertiary/aromatic N) is 5. The second-order valence-electron chi connectivity index (χ2n) is 9.69. The predicted octanol–water partition coefficient (Wildman–Crippen LogP) is 4.87. The van der Waals surface area contributed by atoms with Crippen LogP contribution in [0.5, 0.6) is 11.5 Å². The number of amides is 1. The number of alkyl halides is 3. The third-order valence-electron chi connectivity index (χ3n) is 6.79. The molecule has 2 N–H and O–H groups in total. The number of pyridine rings is 1. The van der Waals surface area contributed by atoms with Crippen LogP contribution in [0.3, 0.4) is 0 Å². The van der Waals surface area contributed by atoms with Crippen LogP contribution in [0.2, 0.25) is 0 Å². The fourth-order valence-electron chi connectivity index (χ4n) is 4.69. The maximum absolute atomic E-state index is 13.1. The number of ether oxygens (including phenoxy) is 3. The van der Waals surface area contributed by atoms with Crippen LogP contribution in [0.15, 0.2) is 66.9 Å². The molecule has 0 radical (unpaired) electrons. The molecule has 14 heteroatoms. The van der Waals surface area contributed by atoms with Gasteiger partial charge in [-0.15, -0.1) is 13.2 Å². The third kappa shape index (κ3) is 6.54. The lowest BCUT2D eigenvalue weighted by molar-refractivity contribution is -0.274. The summed E-state index contributed by atoms with van der Waals surface area (Å²) < 4.78 is 54.5. The first-order valence-electron chi connectivity index (χ1n) is 13.3. The summed E-state index contributed by atoms with van der Waals surface area (Å²) in [6, 6.07) is 16.4. The number of aromatic amines is 1. The number of imidazole rings is 1. The number of nitrogens with one attached hydrogen (secondary N) is 2. The average Bonchev–Trinajstić information content (AvgIpc) is 3.60. The number of methoxy groups -OCH3 is 1. The molecule has 0 saturated carbocycles. The second kappa shape index (κ2) is 11.6. The quantitative estimate of drug-likeness (QED) is 0.262. The summed E-state index contributed by atoms with van der Waals surface area (Å²) >= 11 is 0. The van der Waals surface area contributed by atoms with E-state index in [2.05, 4.69) is 35.0 Å². The minimum Gasteiger partial charge on any atom is -0.497 e. The lowest BCUT2D eigenvalue weighted by Gasteiger charge is -2.27. The maximum Gasteiger partial charge on any atom is 0.573 e. The number of halogens is 3. The number of H-pyrrole nitrogens is 1. The highest BCUT2D eigenvalue weighted by molar-refractivity contribution is 6.03. The Bertz CT molecular complexity index is 1730. The van der Waals surface area contributed by atoms with Crippen molar-refractivity contribution >= 4 is 28.6 Å². The molecule has 3 aromatic heterocycles. The molecule has 1 aliphatic rings. The molecule has 0 unspecified atom stereocenters. The van der Waals surface area contributed by atoms with Gasteiger partial charge in [-0.2, -0.15) is 5.10 Å². The number of carbonyl (C=O) groups is 1. The molecule has 1 saturated heterocycles. The van der Waals surface area contributed by atoms with E-state index in [4.69, 9.17) is 9.47 Å². The van der Waals surface area contributed by atoms with Gasteiger partial charge in [-0.25, -0.2) is 9.97 Å². The van der Waals surface area contributed by atoms with Crippen molar-refractivity contribution in [3.05, 3.63) is 78.0 Å². The molecular formula is C29H26F3N7O4.